The average Bonchev–Trinajstić information content (AvgIpc) is 2.69. The van der Waals surface area contributed by atoms with Crippen molar-refractivity contribution in [1.82, 2.24) is 9.66 Å². The van der Waals surface area contributed by atoms with E-state index < -0.39 is 5.92 Å². The number of aromatic nitrogens is 2. The van der Waals surface area contributed by atoms with Crippen LogP contribution in [0.1, 0.15) is 24.3 Å². The smallest absolute Gasteiger partial charge is 0.281 e. The monoisotopic (exact) mass is 359 g/mol. The molecule has 0 saturated heterocycles. The van der Waals surface area contributed by atoms with Crippen LogP contribution in [0.5, 0.6) is 0 Å². The molecule has 0 amide bonds. The molecular formula is C21H17N3O3. The van der Waals surface area contributed by atoms with Crippen molar-refractivity contribution in [3.63, 3.8) is 0 Å². The summed E-state index contributed by atoms with van der Waals surface area (Å²) in [6.07, 6.45) is 3.14. The third kappa shape index (κ3) is 3.33. The van der Waals surface area contributed by atoms with Crippen molar-refractivity contribution in [2.75, 3.05) is 0 Å². The van der Waals surface area contributed by atoms with Gasteiger partial charge in [0.15, 0.2) is 0 Å². The number of rotatable bonds is 3. The van der Waals surface area contributed by atoms with Gasteiger partial charge in [0.2, 0.25) is 0 Å². The summed E-state index contributed by atoms with van der Waals surface area (Å²) in [7, 11) is 0. The van der Waals surface area contributed by atoms with Crippen LogP contribution in [0.25, 0.3) is 10.9 Å². The van der Waals surface area contributed by atoms with E-state index in [2.05, 4.69) is 10.1 Å². The van der Waals surface area contributed by atoms with Crippen LogP contribution in [-0.2, 0) is 9.59 Å². The van der Waals surface area contributed by atoms with Gasteiger partial charge in [-0.1, -0.05) is 42.5 Å². The van der Waals surface area contributed by atoms with Crippen LogP contribution < -0.4 is 5.56 Å². The van der Waals surface area contributed by atoms with E-state index >= 15 is 0 Å². The van der Waals surface area contributed by atoms with Gasteiger partial charge in [0.1, 0.15) is 23.8 Å². The summed E-state index contributed by atoms with van der Waals surface area (Å²) in [6, 6.07) is 16.5. The molecule has 3 aromatic rings. The second kappa shape index (κ2) is 7.07. The van der Waals surface area contributed by atoms with Crippen molar-refractivity contribution in [3.8, 4) is 0 Å². The molecule has 0 spiro atoms. The van der Waals surface area contributed by atoms with Crippen molar-refractivity contribution >= 4 is 28.7 Å². The molecule has 1 aromatic heterocycles. The van der Waals surface area contributed by atoms with E-state index in [0.29, 0.717) is 10.9 Å². The Labute approximate surface area is 155 Å². The minimum Gasteiger partial charge on any atom is -0.298 e. The van der Waals surface area contributed by atoms with E-state index in [9.17, 15) is 14.4 Å². The molecular weight excluding hydrogens is 342 g/mol. The first-order chi connectivity index (χ1) is 13.1. The highest BCUT2D eigenvalue weighted by molar-refractivity contribution is 6.16. The number of ketones is 2. The highest BCUT2D eigenvalue weighted by atomic mass is 16.2. The van der Waals surface area contributed by atoms with Crippen molar-refractivity contribution in [1.29, 1.82) is 0 Å². The van der Waals surface area contributed by atoms with Gasteiger partial charge >= 0.3 is 0 Å². The topological polar surface area (TPSA) is 81.4 Å². The van der Waals surface area contributed by atoms with Crippen LogP contribution in [0.2, 0.25) is 0 Å². The summed E-state index contributed by atoms with van der Waals surface area (Å²) in [4.78, 5) is 41.6. The maximum Gasteiger partial charge on any atom is 0.281 e. The summed E-state index contributed by atoms with van der Waals surface area (Å²) >= 11 is 0. The number of nitrogens with zero attached hydrogens (tertiary/aromatic N) is 3. The van der Waals surface area contributed by atoms with E-state index in [1.807, 2.05) is 30.3 Å². The predicted octanol–water partition coefficient (Wildman–Crippen LogP) is 2.56. The van der Waals surface area contributed by atoms with E-state index in [1.54, 1.807) is 24.3 Å². The zero-order chi connectivity index (χ0) is 18.8. The molecule has 0 unspecified atom stereocenters. The quantitative estimate of drug-likeness (QED) is 0.532. The van der Waals surface area contributed by atoms with Gasteiger partial charge in [-0.2, -0.15) is 9.78 Å². The fraction of sp³-hybridized carbons (Fsp3) is 0.190. The molecule has 6 nitrogen and oxygen atoms in total. The number of hydrogen-bond donors (Lipinski definition) is 0. The molecule has 6 heteroatoms. The first kappa shape index (κ1) is 17.0. The summed E-state index contributed by atoms with van der Waals surface area (Å²) < 4.78 is 1.06. The number of hydrogen-bond acceptors (Lipinski definition) is 5. The van der Waals surface area contributed by atoms with Gasteiger partial charge in [-0.25, -0.2) is 4.98 Å². The predicted molar refractivity (Wildman–Crippen MR) is 102 cm³/mol. The third-order valence-corrected chi connectivity index (χ3v) is 4.85. The Kier molecular flexibility index (Phi) is 4.46. The first-order valence-electron chi connectivity index (χ1n) is 8.75. The summed E-state index contributed by atoms with van der Waals surface area (Å²) in [6.45, 7) is 0. The fourth-order valence-corrected chi connectivity index (χ4v) is 3.40. The third-order valence-electron chi connectivity index (χ3n) is 4.85. The molecule has 1 heterocycles. The Morgan fingerprint density at radius 3 is 2.33 bits per heavy atom. The molecule has 2 aromatic carbocycles. The molecule has 4 rings (SSSR count). The zero-order valence-corrected chi connectivity index (χ0v) is 14.5. The summed E-state index contributed by atoms with van der Waals surface area (Å²) in [5, 5.41) is 4.49. The molecule has 1 fully saturated rings. The first-order valence-corrected chi connectivity index (χ1v) is 8.75. The van der Waals surface area contributed by atoms with Crippen LogP contribution >= 0.6 is 0 Å². The molecule has 1 saturated carbocycles. The highest BCUT2D eigenvalue weighted by Gasteiger charge is 2.35. The highest BCUT2D eigenvalue weighted by Crippen LogP contribution is 2.31. The molecule has 0 N–H and O–H groups in total. The molecule has 27 heavy (non-hydrogen) atoms. The second-order valence-electron chi connectivity index (χ2n) is 6.60. The van der Waals surface area contributed by atoms with Crippen molar-refractivity contribution in [3.05, 3.63) is 76.8 Å². The van der Waals surface area contributed by atoms with Crippen molar-refractivity contribution < 1.29 is 9.59 Å². The maximum atomic E-state index is 12.5. The van der Waals surface area contributed by atoms with E-state index in [-0.39, 0.29) is 35.9 Å². The van der Waals surface area contributed by atoms with Crippen LogP contribution in [0.4, 0.5) is 0 Å². The number of carbonyl (C=O) groups is 2. The fourth-order valence-electron chi connectivity index (χ4n) is 3.40. The molecule has 0 radical (unpaired) electrons. The van der Waals surface area contributed by atoms with Gasteiger partial charge in [0, 0.05) is 19.1 Å². The van der Waals surface area contributed by atoms with Crippen molar-refractivity contribution in [2.45, 2.75) is 18.8 Å². The lowest BCUT2D eigenvalue weighted by atomic mass is 9.77. The Morgan fingerprint density at radius 2 is 1.59 bits per heavy atom. The standard InChI is InChI=1S/C21H17N3O3/c25-19-10-15(14-6-2-1-3-7-14)11-20(26)17(19)12-23-24-13-22-18-9-5-4-8-16(18)21(24)27/h1-9,12-13,15,17H,10-11H2. The SMILES string of the molecule is O=C1CC(c2ccccc2)CC(=O)C1C=Nn1cnc2ccccc2c1=O. The van der Waals surface area contributed by atoms with Crippen LogP contribution in [0.3, 0.4) is 0 Å². The zero-order valence-electron chi connectivity index (χ0n) is 14.5. The molecule has 134 valence electrons. The number of fused-ring (bicyclic) bond motifs is 1. The Balaban J connectivity index is 1.57. The normalized spacial score (nSPS) is 20.4. The summed E-state index contributed by atoms with van der Waals surface area (Å²) in [5.41, 5.74) is 1.23. The molecule has 1 aliphatic carbocycles. The van der Waals surface area contributed by atoms with Gasteiger partial charge in [-0.3, -0.25) is 14.4 Å². The van der Waals surface area contributed by atoms with Gasteiger partial charge in [-0.05, 0) is 23.6 Å². The van der Waals surface area contributed by atoms with Crippen molar-refractivity contribution in [2.24, 2.45) is 11.0 Å². The van der Waals surface area contributed by atoms with E-state index in [4.69, 9.17) is 0 Å². The minimum absolute atomic E-state index is 0.0964. The van der Waals surface area contributed by atoms with Gasteiger partial charge in [-0.15, -0.1) is 0 Å². The number of benzene rings is 2. The number of carbonyl (C=O) groups excluding carboxylic acids is 2. The van der Waals surface area contributed by atoms with E-state index in [0.717, 1.165) is 10.2 Å². The maximum absolute atomic E-state index is 12.5. The molecule has 1 aliphatic rings. The lowest BCUT2D eigenvalue weighted by Gasteiger charge is -2.24. The number of Topliss-reactive ketones (excluding diaryl/α,β-unsaturated/α-hetero) is 2. The van der Waals surface area contributed by atoms with Gasteiger partial charge in [0.25, 0.3) is 5.56 Å². The van der Waals surface area contributed by atoms with Gasteiger partial charge < -0.3 is 0 Å². The molecule has 0 aliphatic heterocycles. The van der Waals surface area contributed by atoms with Crippen LogP contribution in [-0.4, -0.2) is 27.4 Å². The Morgan fingerprint density at radius 1 is 0.926 bits per heavy atom. The lowest BCUT2D eigenvalue weighted by Crippen LogP contribution is -2.34. The van der Waals surface area contributed by atoms with Crippen LogP contribution in [0, 0.1) is 5.92 Å². The molecule has 0 bridgehead atoms. The van der Waals surface area contributed by atoms with E-state index in [1.165, 1.54) is 12.5 Å². The van der Waals surface area contributed by atoms with Gasteiger partial charge in [0.05, 0.1) is 10.9 Å². The largest absolute Gasteiger partial charge is 0.298 e. The minimum atomic E-state index is -0.914. The summed E-state index contributed by atoms with van der Waals surface area (Å²) in [5.74, 6) is -1.36. The molecule has 0 atom stereocenters. The second-order valence-corrected chi connectivity index (χ2v) is 6.60. The lowest BCUT2D eigenvalue weighted by molar-refractivity contribution is -0.133. The average molecular weight is 359 g/mol. The Bertz CT molecular complexity index is 1080. The Hall–Kier alpha value is -3.41. The van der Waals surface area contributed by atoms with Crippen LogP contribution in [0.15, 0.2) is 70.8 Å². The number of para-hydroxylation sites is 1.